The quantitative estimate of drug-likeness (QED) is 0.865. The van der Waals surface area contributed by atoms with Gasteiger partial charge >= 0.3 is 0 Å². The Balaban J connectivity index is 2.73. The molecule has 0 fully saturated rings. The van der Waals surface area contributed by atoms with Crippen molar-refractivity contribution in [3.8, 4) is 0 Å². The van der Waals surface area contributed by atoms with Crippen molar-refractivity contribution in [3.05, 3.63) is 34.3 Å². The van der Waals surface area contributed by atoms with Gasteiger partial charge in [0.15, 0.2) is 0 Å². The van der Waals surface area contributed by atoms with E-state index in [1.165, 1.54) is 0 Å². The topological polar surface area (TPSA) is 32.3 Å². The van der Waals surface area contributed by atoms with Crippen LogP contribution < -0.4 is 5.32 Å². The van der Waals surface area contributed by atoms with Gasteiger partial charge in [0.2, 0.25) is 0 Å². The standard InChI is InChI=1S/C11H16BrNO/c1-11(14,8-13-2)7-9-5-3-4-6-10(9)12/h3-6,13-14H,7-8H2,1-2H3. The summed E-state index contributed by atoms with van der Waals surface area (Å²) in [4.78, 5) is 0. The van der Waals surface area contributed by atoms with E-state index >= 15 is 0 Å². The van der Waals surface area contributed by atoms with Gasteiger partial charge in [-0.25, -0.2) is 0 Å². The molecule has 0 spiro atoms. The number of nitrogens with one attached hydrogen (secondary N) is 1. The Morgan fingerprint density at radius 1 is 1.43 bits per heavy atom. The van der Waals surface area contributed by atoms with Crippen molar-refractivity contribution in [2.24, 2.45) is 0 Å². The van der Waals surface area contributed by atoms with Gasteiger partial charge in [-0.2, -0.15) is 0 Å². The maximum absolute atomic E-state index is 10.0. The van der Waals surface area contributed by atoms with Gasteiger partial charge in [-0.15, -0.1) is 0 Å². The molecular formula is C11H16BrNO. The molecule has 0 aliphatic carbocycles. The molecule has 1 atom stereocenters. The second-order valence-electron chi connectivity index (χ2n) is 3.80. The zero-order valence-corrected chi connectivity index (χ0v) is 10.1. The number of likely N-dealkylation sites (N-methyl/N-ethyl adjacent to an activating group) is 1. The third kappa shape index (κ3) is 3.40. The normalized spacial score (nSPS) is 15.1. The van der Waals surface area contributed by atoms with E-state index in [9.17, 15) is 5.11 Å². The molecule has 2 N–H and O–H groups in total. The minimum atomic E-state index is -0.696. The van der Waals surface area contributed by atoms with Crippen LogP contribution in [0.4, 0.5) is 0 Å². The van der Waals surface area contributed by atoms with Crippen molar-refractivity contribution in [2.45, 2.75) is 18.9 Å². The summed E-state index contributed by atoms with van der Waals surface area (Å²) in [6.07, 6.45) is 0.648. The summed E-state index contributed by atoms with van der Waals surface area (Å²) in [5, 5.41) is 13.0. The molecule has 0 bridgehead atoms. The summed E-state index contributed by atoms with van der Waals surface area (Å²) in [5.74, 6) is 0. The van der Waals surface area contributed by atoms with Gasteiger partial charge in [0.05, 0.1) is 5.60 Å². The van der Waals surface area contributed by atoms with Crippen molar-refractivity contribution in [1.82, 2.24) is 5.32 Å². The molecule has 3 heteroatoms. The van der Waals surface area contributed by atoms with Gasteiger partial charge in [-0.05, 0) is 25.6 Å². The van der Waals surface area contributed by atoms with Crippen LogP contribution in [0.25, 0.3) is 0 Å². The van der Waals surface area contributed by atoms with Crippen molar-refractivity contribution >= 4 is 15.9 Å². The van der Waals surface area contributed by atoms with Gasteiger partial charge in [-0.1, -0.05) is 34.1 Å². The highest BCUT2D eigenvalue weighted by Gasteiger charge is 2.20. The Morgan fingerprint density at radius 2 is 2.07 bits per heavy atom. The van der Waals surface area contributed by atoms with Gasteiger partial charge in [-0.3, -0.25) is 0 Å². The SMILES string of the molecule is CNCC(C)(O)Cc1ccccc1Br. The molecular weight excluding hydrogens is 242 g/mol. The lowest BCUT2D eigenvalue weighted by atomic mass is 9.97. The Hall–Kier alpha value is -0.380. The Labute approximate surface area is 93.5 Å². The number of hydrogen-bond acceptors (Lipinski definition) is 2. The van der Waals surface area contributed by atoms with Crippen LogP contribution in [0.5, 0.6) is 0 Å². The van der Waals surface area contributed by atoms with Crippen LogP contribution in [-0.4, -0.2) is 24.3 Å². The van der Waals surface area contributed by atoms with E-state index in [2.05, 4.69) is 21.2 Å². The molecule has 0 aliphatic heterocycles. The summed E-state index contributed by atoms with van der Waals surface area (Å²) in [6, 6.07) is 7.97. The maximum Gasteiger partial charge on any atom is 0.0783 e. The van der Waals surface area contributed by atoms with E-state index in [1.54, 1.807) is 0 Å². The third-order valence-electron chi connectivity index (χ3n) is 2.09. The highest BCUT2D eigenvalue weighted by Crippen LogP contribution is 2.20. The summed E-state index contributed by atoms with van der Waals surface area (Å²) in [6.45, 7) is 2.43. The Morgan fingerprint density at radius 3 is 2.64 bits per heavy atom. The van der Waals surface area contributed by atoms with Crippen LogP contribution >= 0.6 is 15.9 Å². The molecule has 1 unspecified atom stereocenters. The molecule has 14 heavy (non-hydrogen) atoms. The van der Waals surface area contributed by atoms with E-state index in [0.29, 0.717) is 13.0 Å². The van der Waals surface area contributed by atoms with Crippen molar-refractivity contribution in [2.75, 3.05) is 13.6 Å². The van der Waals surface area contributed by atoms with E-state index in [4.69, 9.17) is 0 Å². The fourth-order valence-electron chi connectivity index (χ4n) is 1.50. The predicted octanol–water partition coefficient (Wildman–Crippen LogP) is 1.96. The average molecular weight is 258 g/mol. The number of aliphatic hydroxyl groups is 1. The zero-order chi connectivity index (χ0) is 10.6. The first-order valence-corrected chi connectivity index (χ1v) is 5.45. The smallest absolute Gasteiger partial charge is 0.0783 e. The van der Waals surface area contributed by atoms with Gasteiger partial charge in [0.25, 0.3) is 0 Å². The summed E-state index contributed by atoms with van der Waals surface area (Å²) < 4.78 is 1.05. The molecule has 1 aromatic rings. The van der Waals surface area contributed by atoms with Crippen LogP contribution in [0.2, 0.25) is 0 Å². The monoisotopic (exact) mass is 257 g/mol. The van der Waals surface area contributed by atoms with E-state index in [1.807, 2.05) is 38.2 Å². The number of hydrogen-bond donors (Lipinski definition) is 2. The first-order valence-electron chi connectivity index (χ1n) is 4.65. The predicted molar refractivity (Wildman–Crippen MR) is 62.4 cm³/mol. The lowest BCUT2D eigenvalue weighted by Gasteiger charge is -2.23. The summed E-state index contributed by atoms with van der Waals surface area (Å²) in [5.41, 5.74) is 0.436. The molecule has 1 rings (SSSR count). The van der Waals surface area contributed by atoms with Crippen LogP contribution in [0.15, 0.2) is 28.7 Å². The number of benzene rings is 1. The second-order valence-corrected chi connectivity index (χ2v) is 4.65. The third-order valence-corrected chi connectivity index (χ3v) is 2.86. The van der Waals surface area contributed by atoms with Crippen LogP contribution in [-0.2, 0) is 6.42 Å². The largest absolute Gasteiger partial charge is 0.389 e. The molecule has 0 aromatic heterocycles. The van der Waals surface area contributed by atoms with Gasteiger partial charge < -0.3 is 10.4 Å². The Kier molecular flexibility index (Phi) is 4.11. The van der Waals surface area contributed by atoms with E-state index in [-0.39, 0.29) is 0 Å². The minimum Gasteiger partial charge on any atom is -0.389 e. The molecule has 0 saturated carbocycles. The van der Waals surface area contributed by atoms with Crippen molar-refractivity contribution in [1.29, 1.82) is 0 Å². The number of halogens is 1. The van der Waals surface area contributed by atoms with E-state index in [0.717, 1.165) is 10.0 Å². The molecule has 2 nitrogen and oxygen atoms in total. The summed E-state index contributed by atoms with van der Waals surface area (Å²) in [7, 11) is 1.84. The maximum atomic E-state index is 10.0. The van der Waals surface area contributed by atoms with Gasteiger partial charge in [0, 0.05) is 17.4 Å². The molecule has 0 aliphatic rings. The minimum absolute atomic E-state index is 0.592. The molecule has 0 saturated heterocycles. The van der Waals surface area contributed by atoms with Crippen molar-refractivity contribution < 1.29 is 5.11 Å². The summed E-state index contributed by atoms with van der Waals surface area (Å²) >= 11 is 3.47. The fourth-order valence-corrected chi connectivity index (χ4v) is 1.92. The highest BCUT2D eigenvalue weighted by atomic mass is 79.9. The molecule has 0 radical (unpaired) electrons. The number of rotatable bonds is 4. The first-order chi connectivity index (χ1) is 6.55. The van der Waals surface area contributed by atoms with Crippen LogP contribution in [0.3, 0.4) is 0 Å². The lowest BCUT2D eigenvalue weighted by Crippen LogP contribution is -2.38. The van der Waals surface area contributed by atoms with E-state index < -0.39 is 5.60 Å². The second kappa shape index (κ2) is 4.91. The zero-order valence-electron chi connectivity index (χ0n) is 8.55. The van der Waals surface area contributed by atoms with Crippen LogP contribution in [0.1, 0.15) is 12.5 Å². The molecule has 78 valence electrons. The first kappa shape index (κ1) is 11.7. The molecule has 0 heterocycles. The van der Waals surface area contributed by atoms with Crippen LogP contribution in [0, 0.1) is 0 Å². The molecule has 0 amide bonds. The van der Waals surface area contributed by atoms with Crippen molar-refractivity contribution in [3.63, 3.8) is 0 Å². The fraction of sp³-hybridized carbons (Fsp3) is 0.455. The average Bonchev–Trinajstić information content (AvgIpc) is 2.08. The highest BCUT2D eigenvalue weighted by molar-refractivity contribution is 9.10. The molecule has 1 aromatic carbocycles. The lowest BCUT2D eigenvalue weighted by molar-refractivity contribution is 0.0621. The van der Waals surface area contributed by atoms with Gasteiger partial charge in [0.1, 0.15) is 0 Å². The Bertz CT molecular complexity index is 299.